The van der Waals surface area contributed by atoms with Crippen LogP contribution in [0.3, 0.4) is 0 Å². The molecule has 1 heterocycles. The predicted molar refractivity (Wildman–Crippen MR) is 93.9 cm³/mol. The van der Waals surface area contributed by atoms with Gasteiger partial charge < -0.3 is 10.1 Å². The molecule has 3 rings (SSSR count). The number of benzene rings is 1. The molecule has 2 aromatic rings. The number of nitriles is 1. The van der Waals surface area contributed by atoms with Gasteiger partial charge in [-0.05, 0) is 59.8 Å². The van der Waals surface area contributed by atoms with E-state index in [1.165, 1.54) is 16.2 Å². The van der Waals surface area contributed by atoms with Crippen LogP contribution in [0.4, 0.5) is 5.00 Å². The molecule has 6 heteroatoms. The molecule has 0 fully saturated rings. The molecular weight excluding hydrogens is 376 g/mol. The van der Waals surface area contributed by atoms with E-state index in [0.29, 0.717) is 16.3 Å². The number of rotatable bonds is 4. The van der Waals surface area contributed by atoms with Crippen LogP contribution in [-0.2, 0) is 17.6 Å². The van der Waals surface area contributed by atoms with Crippen molar-refractivity contribution in [3.05, 3.63) is 44.7 Å². The second-order valence-electron chi connectivity index (χ2n) is 5.35. The van der Waals surface area contributed by atoms with E-state index in [4.69, 9.17) is 4.74 Å². The predicted octanol–water partition coefficient (Wildman–Crippen LogP) is 4.28. The van der Waals surface area contributed by atoms with Crippen LogP contribution in [-0.4, -0.2) is 12.0 Å². The van der Waals surface area contributed by atoms with E-state index in [9.17, 15) is 10.1 Å². The standard InChI is InChI=1S/C17H15BrN2O2S/c1-10(22-14-7-3-2-6-13(14)18)16(21)20-17-12(9-19)11-5-4-8-15(11)23-17/h2-3,6-7,10H,4-5,8H2,1H3,(H,20,21)/t10-/m1/s1. The summed E-state index contributed by atoms with van der Waals surface area (Å²) in [5, 5.41) is 12.9. The summed E-state index contributed by atoms with van der Waals surface area (Å²) in [5.74, 6) is 0.363. The summed E-state index contributed by atoms with van der Waals surface area (Å²) in [7, 11) is 0. The van der Waals surface area contributed by atoms with Crippen molar-refractivity contribution in [1.29, 1.82) is 5.26 Å². The zero-order chi connectivity index (χ0) is 16.4. The molecule has 1 N–H and O–H groups in total. The van der Waals surface area contributed by atoms with Crippen LogP contribution >= 0.6 is 27.3 Å². The summed E-state index contributed by atoms with van der Waals surface area (Å²) in [6.45, 7) is 1.70. The number of nitrogens with one attached hydrogen (secondary N) is 1. The fourth-order valence-electron chi connectivity index (χ4n) is 2.61. The van der Waals surface area contributed by atoms with Crippen LogP contribution in [0.5, 0.6) is 5.75 Å². The number of aryl methyl sites for hydroxylation is 1. The third-order valence-electron chi connectivity index (χ3n) is 3.78. The smallest absolute Gasteiger partial charge is 0.265 e. The van der Waals surface area contributed by atoms with Gasteiger partial charge in [0.1, 0.15) is 16.8 Å². The lowest BCUT2D eigenvalue weighted by atomic mass is 10.1. The Morgan fingerprint density at radius 2 is 2.22 bits per heavy atom. The molecule has 4 nitrogen and oxygen atoms in total. The van der Waals surface area contributed by atoms with Gasteiger partial charge in [-0.1, -0.05) is 12.1 Å². The number of hydrogen-bond acceptors (Lipinski definition) is 4. The van der Waals surface area contributed by atoms with Crippen molar-refractivity contribution in [1.82, 2.24) is 0 Å². The Kier molecular flexibility index (Phi) is 4.69. The van der Waals surface area contributed by atoms with Crippen LogP contribution in [0.25, 0.3) is 0 Å². The number of amides is 1. The molecule has 118 valence electrons. The van der Waals surface area contributed by atoms with Crippen LogP contribution < -0.4 is 10.1 Å². The summed E-state index contributed by atoms with van der Waals surface area (Å²) in [5.41, 5.74) is 1.72. The first-order valence-electron chi connectivity index (χ1n) is 7.37. The molecule has 1 aliphatic rings. The Hall–Kier alpha value is -1.84. The van der Waals surface area contributed by atoms with Crippen LogP contribution in [0, 0.1) is 11.3 Å². The van der Waals surface area contributed by atoms with E-state index in [0.717, 1.165) is 29.3 Å². The zero-order valence-corrected chi connectivity index (χ0v) is 15.0. The fraction of sp³-hybridized carbons (Fsp3) is 0.294. The van der Waals surface area contributed by atoms with Gasteiger partial charge in [-0.3, -0.25) is 4.79 Å². The highest BCUT2D eigenvalue weighted by Gasteiger charge is 2.25. The van der Waals surface area contributed by atoms with Crippen molar-refractivity contribution in [3.63, 3.8) is 0 Å². The van der Waals surface area contributed by atoms with Crippen molar-refractivity contribution in [2.75, 3.05) is 5.32 Å². The molecule has 0 radical (unpaired) electrons. The maximum atomic E-state index is 12.4. The number of halogens is 1. The molecule has 1 atom stereocenters. The number of ether oxygens (including phenoxy) is 1. The largest absolute Gasteiger partial charge is 0.480 e. The van der Waals surface area contributed by atoms with E-state index in [-0.39, 0.29) is 5.91 Å². The summed E-state index contributed by atoms with van der Waals surface area (Å²) in [6, 6.07) is 9.62. The van der Waals surface area contributed by atoms with Gasteiger partial charge in [-0.2, -0.15) is 5.26 Å². The highest BCUT2D eigenvalue weighted by atomic mass is 79.9. The number of thiophene rings is 1. The number of hydrogen-bond donors (Lipinski definition) is 1. The molecule has 1 aliphatic carbocycles. The number of nitrogens with zero attached hydrogens (tertiary/aromatic N) is 1. The van der Waals surface area contributed by atoms with E-state index in [1.807, 2.05) is 18.2 Å². The first-order valence-corrected chi connectivity index (χ1v) is 8.97. The van der Waals surface area contributed by atoms with Crippen molar-refractivity contribution in [3.8, 4) is 11.8 Å². The average molecular weight is 391 g/mol. The molecule has 1 aromatic heterocycles. The van der Waals surface area contributed by atoms with Crippen molar-refractivity contribution in [2.24, 2.45) is 0 Å². The first kappa shape index (κ1) is 16.0. The highest BCUT2D eigenvalue weighted by Crippen LogP contribution is 2.38. The lowest BCUT2D eigenvalue weighted by Crippen LogP contribution is -2.30. The average Bonchev–Trinajstić information content (AvgIpc) is 3.09. The highest BCUT2D eigenvalue weighted by molar-refractivity contribution is 9.10. The molecule has 0 saturated heterocycles. The number of fused-ring (bicyclic) bond motifs is 1. The summed E-state index contributed by atoms with van der Waals surface area (Å²) in [6.07, 6.45) is 2.35. The summed E-state index contributed by atoms with van der Waals surface area (Å²) < 4.78 is 6.49. The molecule has 0 unspecified atom stereocenters. The summed E-state index contributed by atoms with van der Waals surface area (Å²) >= 11 is 4.90. The maximum absolute atomic E-state index is 12.4. The van der Waals surface area contributed by atoms with Gasteiger partial charge in [0, 0.05) is 4.88 Å². The Balaban J connectivity index is 1.72. The van der Waals surface area contributed by atoms with Gasteiger partial charge in [-0.15, -0.1) is 11.3 Å². The van der Waals surface area contributed by atoms with Gasteiger partial charge in [0.25, 0.3) is 5.91 Å². The van der Waals surface area contributed by atoms with Crippen LogP contribution in [0.1, 0.15) is 29.3 Å². The van der Waals surface area contributed by atoms with Gasteiger partial charge in [0.05, 0.1) is 10.0 Å². The van der Waals surface area contributed by atoms with Gasteiger partial charge in [-0.25, -0.2) is 0 Å². The van der Waals surface area contributed by atoms with Gasteiger partial charge >= 0.3 is 0 Å². The van der Waals surface area contributed by atoms with Gasteiger partial charge in [0.15, 0.2) is 6.10 Å². The molecule has 1 aromatic carbocycles. The Morgan fingerprint density at radius 1 is 1.43 bits per heavy atom. The quantitative estimate of drug-likeness (QED) is 0.847. The minimum atomic E-state index is -0.655. The number of para-hydroxylation sites is 1. The van der Waals surface area contributed by atoms with Crippen molar-refractivity contribution < 1.29 is 9.53 Å². The van der Waals surface area contributed by atoms with Gasteiger partial charge in [0.2, 0.25) is 0 Å². The van der Waals surface area contributed by atoms with Crippen LogP contribution in [0.2, 0.25) is 0 Å². The van der Waals surface area contributed by atoms with Crippen LogP contribution in [0.15, 0.2) is 28.7 Å². The summed E-state index contributed by atoms with van der Waals surface area (Å²) in [4.78, 5) is 13.6. The number of anilines is 1. The molecule has 1 amide bonds. The second kappa shape index (κ2) is 6.73. The monoisotopic (exact) mass is 390 g/mol. The number of carbonyl (C=O) groups is 1. The fourth-order valence-corrected chi connectivity index (χ4v) is 4.23. The minimum Gasteiger partial charge on any atom is -0.480 e. The van der Waals surface area contributed by atoms with E-state index >= 15 is 0 Å². The second-order valence-corrected chi connectivity index (χ2v) is 7.31. The molecule has 0 spiro atoms. The van der Waals surface area contributed by atoms with Crippen molar-refractivity contribution in [2.45, 2.75) is 32.3 Å². The molecule has 0 saturated carbocycles. The lowest BCUT2D eigenvalue weighted by molar-refractivity contribution is -0.122. The zero-order valence-electron chi connectivity index (χ0n) is 12.6. The Morgan fingerprint density at radius 3 is 2.96 bits per heavy atom. The van der Waals surface area contributed by atoms with E-state index in [2.05, 4.69) is 27.3 Å². The lowest BCUT2D eigenvalue weighted by Gasteiger charge is -2.15. The maximum Gasteiger partial charge on any atom is 0.265 e. The van der Waals surface area contributed by atoms with Crippen molar-refractivity contribution >= 4 is 38.2 Å². The van der Waals surface area contributed by atoms with E-state index < -0.39 is 6.10 Å². The normalized spacial score (nSPS) is 14.0. The SMILES string of the molecule is C[C@@H](Oc1ccccc1Br)C(=O)Nc1sc2c(c1C#N)CCC2. The topological polar surface area (TPSA) is 62.1 Å². The molecule has 23 heavy (non-hydrogen) atoms. The Bertz CT molecular complexity index is 794. The Labute approximate surface area is 147 Å². The third kappa shape index (κ3) is 3.26. The minimum absolute atomic E-state index is 0.253. The number of carbonyl (C=O) groups excluding carboxylic acids is 1. The third-order valence-corrected chi connectivity index (χ3v) is 5.64. The molecule has 0 bridgehead atoms. The molecular formula is C17H15BrN2O2S. The molecule has 0 aliphatic heterocycles. The van der Waals surface area contributed by atoms with E-state index in [1.54, 1.807) is 13.0 Å². The first-order chi connectivity index (χ1) is 11.1.